The first kappa shape index (κ1) is 6.97. The lowest BCUT2D eigenvalue weighted by molar-refractivity contribution is 1.30. The SMILES string of the molecule is c1cnc2c(ccc3sccc32)n1. The molecule has 3 heteroatoms. The second-order valence-electron chi connectivity index (χ2n) is 2.82. The summed E-state index contributed by atoms with van der Waals surface area (Å²) >= 11 is 1.73. The molecule has 0 aliphatic rings. The lowest BCUT2D eigenvalue weighted by Gasteiger charge is -1.95. The van der Waals surface area contributed by atoms with E-state index in [9.17, 15) is 0 Å². The summed E-state index contributed by atoms with van der Waals surface area (Å²) in [5.74, 6) is 0. The molecule has 2 aromatic heterocycles. The van der Waals surface area contributed by atoms with Gasteiger partial charge in [0.2, 0.25) is 0 Å². The smallest absolute Gasteiger partial charge is 0.0973 e. The van der Waals surface area contributed by atoms with Crippen LogP contribution in [-0.2, 0) is 0 Å². The number of thiophene rings is 1. The molecule has 0 saturated heterocycles. The molecule has 3 rings (SSSR count). The largest absolute Gasteiger partial charge is 0.253 e. The number of hydrogen-bond donors (Lipinski definition) is 0. The summed E-state index contributed by atoms with van der Waals surface area (Å²) in [6.45, 7) is 0. The molecule has 62 valence electrons. The van der Waals surface area contributed by atoms with Crippen molar-refractivity contribution in [3.8, 4) is 0 Å². The van der Waals surface area contributed by atoms with Gasteiger partial charge in [0.15, 0.2) is 0 Å². The number of nitrogens with zero attached hydrogens (tertiary/aromatic N) is 2. The molecule has 0 saturated carbocycles. The molecule has 2 nitrogen and oxygen atoms in total. The summed E-state index contributed by atoms with van der Waals surface area (Å²) in [7, 11) is 0. The lowest BCUT2D eigenvalue weighted by Crippen LogP contribution is -1.80. The van der Waals surface area contributed by atoms with Crippen LogP contribution in [0.3, 0.4) is 0 Å². The van der Waals surface area contributed by atoms with E-state index in [2.05, 4.69) is 27.5 Å². The van der Waals surface area contributed by atoms with E-state index in [4.69, 9.17) is 0 Å². The van der Waals surface area contributed by atoms with Crippen molar-refractivity contribution in [3.05, 3.63) is 36.0 Å². The molecule has 0 N–H and O–H groups in total. The Morgan fingerprint density at radius 1 is 1.00 bits per heavy atom. The maximum absolute atomic E-state index is 4.33. The Balaban J connectivity index is 2.65. The number of fused-ring (bicyclic) bond motifs is 3. The average molecular weight is 186 g/mol. The minimum Gasteiger partial charge on any atom is -0.253 e. The van der Waals surface area contributed by atoms with Gasteiger partial charge in [-0.1, -0.05) is 0 Å². The van der Waals surface area contributed by atoms with Crippen LogP contribution in [0.4, 0.5) is 0 Å². The summed E-state index contributed by atoms with van der Waals surface area (Å²) in [6, 6.07) is 6.20. The first-order valence-electron chi connectivity index (χ1n) is 4.02. The molecule has 0 fully saturated rings. The highest BCUT2D eigenvalue weighted by Crippen LogP contribution is 2.26. The monoisotopic (exact) mass is 186 g/mol. The van der Waals surface area contributed by atoms with Gasteiger partial charge in [0.05, 0.1) is 11.0 Å². The molecule has 0 aliphatic carbocycles. The maximum Gasteiger partial charge on any atom is 0.0973 e. The van der Waals surface area contributed by atoms with E-state index < -0.39 is 0 Å². The zero-order valence-corrected chi connectivity index (χ0v) is 7.58. The highest BCUT2D eigenvalue weighted by atomic mass is 32.1. The van der Waals surface area contributed by atoms with Gasteiger partial charge in [0, 0.05) is 22.5 Å². The van der Waals surface area contributed by atoms with Gasteiger partial charge in [-0.3, -0.25) is 9.97 Å². The van der Waals surface area contributed by atoms with Crippen LogP contribution >= 0.6 is 11.3 Å². The summed E-state index contributed by atoms with van der Waals surface area (Å²) in [4.78, 5) is 8.58. The van der Waals surface area contributed by atoms with Crippen molar-refractivity contribution in [1.82, 2.24) is 9.97 Å². The van der Waals surface area contributed by atoms with Gasteiger partial charge in [-0.25, -0.2) is 0 Å². The Morgan fingerprint density at radius 3 is 2.92 bits per heavy atom. The zero-order valence-electron chi connectivity index (χ0n) is 6.77. The van der Waals surface area contributed by atoms with Crippen LogP contribution in [0, 0.1) is 0 Å². The zero-order chi connectivity index (χ0) is 8.67. The molecule has 0 amide bonds. The second-order valence-corrected chi connectivity index (χ2v) is 3.77. The summed E-state index contributed by atoms with van der Waals surface area (Å²) in [6.07, 6.45) is 3.46. The molecule has 0 atom stereocenters. The number of rotatable bonds is 0. The van der Waals surface area contributed by atoms with Crippen LogP contribution in [0.5, 0.6) is 0 Å². The van der Waals surface area contributed by atoms with Crippen molar-refractivity contribution in [3.63, 3.8) is 0 Å². The van der Waals surface area contributed by atoms with E-state index in [1.165, 1.54) is 10.1 Å². The maximum atomic E-state index is 4.33. The number of aromatic nitrogens is 2. The van der Waals surface area contributed by atoms with Crippen LogP contribution in [0.1, 0.15) is 0 Å². The number of hydrogen-bond acceptors (Lipinski definition) is 3. The number of benzene rings is 1. The predicted molar refractivity (Wildman–Crippen MR) is 54.9 cm³/mol. The van der Waals surface area contributed by atoms with E-state index in [1.807, 2.05) is 6.07 Å². The second kappa shape index (κ2) is 2.50. The fraction of sp³-hybridized carbons (Fsp3) is 0. The van der Waals surface area contributed by atoms with Crippen LogP contribution in [0.2, 0.25) is 0 Å². The Labute approximate surface area is 78.9 Å². The van der Waals surface area contributed by atoms with Crippen molar-refractivity contribution in [2.75, 3.05) is 0 Å². The van der Waals surface area contributed by atoms with Crippen molar-refractivity contribution in [1.29, 1.82) is 0 Å². The summed E-state index contributed by atoms with van der Waals surface area (Å²) in [5, 5.41) is 3.29. The minimum absolute atomic E-state index is 0.966. The first-order valence-corrected chi connectivity index (χ1v) is 4.90. The fourth-order valence-corrected chi connectivity index (χ4v) is 2.27. The van der Waals surface area contributed by atoms with Crippen LogP contribution in [0.25, 0.3) is 21.1 Å². The van der Waals surface area contributed by atoms with E-state index in [1.54, 1.807) is 23.7 Å². The quantitative estimate of drug-likeness (QED) is 0.539. The van der Waals surface area contributed by atoms with Gasteiger partial charge < -0.3 is 0 Å². The molecule has 0 radical (unpaired) electrons. The summed E-state index contributed by atoms with van der Waals surface area (Å²) < 4.78 is 1.27. The molecule has 0 bridgehead atoms. The average Bonchev–Trinajstić information content (AvgIpc) is 2.65. The molecule has 2 heterocycles. The third-order valence-corrected chi connectivity index (χ3v) is 2.95. The highest BCUT2D eigenvalue weighted by molar-refractivity contribution is 7.17. The molecule has 3 aromatic rings. The first-order chi connectivity index (χ1) is 6.45. The van der Waals surface area contributed by atoms with Gasteiger partial charge in [0.1, 0.15) is 0 Å². The van der Waals surface area contributed by atoms with Crippen molar-refractivity contribution < 1.29 is 0 Å². The van der Waals surface area contributed by atoms with E-state index in [0.717, 1.165) is 11.0 Å². The molecule has 1 aromatic carbocycles. The third kappa shape index (κ3) is 0.939. The Kier molecular flexibility index (Phi) is 1.34. The predicted octanol–water partition coefficient (Wildman–Crippen LogP) is 2.84. The molecular formula is C10H6N2S. The van der Waals surface area contributed by atoms with Gasteiger partial charge >= 0.3 is 0 Å². The van der Waals surface area contributed by atoms with Gasteiger partial charge in [-0.15, -0.1) is 11.3 Å². The lowest BCUT2D eigenvalue weighted by atomic mass is 10.2. The Morgan fingerprint density at radius 2 is 1.92 bits per heavy atom. The van der Waals surface area contributed by atoms with E-state index >= 15 is 0 Å². The Bertz CT molecular complexity index is 571. The molecule has 0 unspecified atom stereocenters. The Hall–Kier alpha value is -1.48. The van der Waals surface area contributed by atoms with E-state index in [0.29, 0.717) is 0 Å². The van der Waals surface area contributed by atoms with Crippen molar-refractivity contribution in [2.24, 2.45) is 0 Å². The molecular weight excluding hydrogens is 180 g/mol. The van der Waals surface area contributed by atoms with Crippen molar-refractivity contribution in [2.45, 2.75) is 0 Å². The standard InChI is InChI=1S/C10H6N2S/c1-2-9-7(3-6-13-9)10-8(1)11-4-5-12-10/h1-6H. The van der Waals surface area contributed by atoms with Crippen LogP contribution in [0.15, 0.2) is 36.0 Å². The van der Waals surface area contributed by atoms with Gasteiger partial charge in [0.25, 0.3) is 0 Å². The topological polar surface area (TPSA) is 25.8 Å². The van der Waals surface area contributed by atoms with E-state index in [-0.39, 0.29) is 0 Å². The molecule has 0 spiro atoms. The van der Waals surface area contributed by atoms with Crippen molar-refractivity contribution >= 4 is 32.5 Å². The third-order valence-electron chi connectivity index (χ3n) is 2.07. The fourth-order valence-electron chi connectivity index (χ4n) is 1.48. The van der Waals surface area contributed by atoms with Crippen LogP contribution in [-0.4, -0.2) is 9.97 Å². The molecule has 13 heavy (non-hydrogen) atoms. The van der Waals surface area contributed by atoms with Crippen LogP contribution < -0.4 is 0 Å². The normalized spacial score (nSPS) is 11.1. The minimum atomic E-state index is 0.966. The summed E-state index contributed by atoms with van der Waals surface area (Å²) in [5.41, 5.74) is 1.97. The molecule has 0 aliphatic heterocycles. The van der Waals surface area contributed by atoms with Gasteiger partial charge in [-0.05, 0) is 23.6 Å². The highest BCUT2D eigenvalue weighted by Gasteiger charge is 2.01. The van der Waals surface area contributed by atoms with Gasteiger partial charge in [-0.2, -0.15) is 0 Å².